The summed E-state index contributed by atoms with van der Waals surface area (Å²) in [6.45, 7) is 0.772. The van der Waals surface area contributed by atoms with Crippen LogP contribution in [0.15, 0.2) is 60.7 Å². The fourth-order valence-corrected chi connectivity index (χ4v) is 2.36. The normalized spacial score (nSPS) is 23.1. The smallest absolute Gasteiger partial charge is 0.134 e. The van der Waals surface area contributed by atoms with Gasteiger partial charge in [0.1, 0.15) is 6.23 Å². The summed E-state index contributed by atoms with van der Waals surface area (Å²) in [5, 5.41) is 3.53. The molecule has 2 aromatic rings. The van der Waals surface area contributed by atoms with Crippen LogP contribution < -0.4 is 5.32 Å². The molecule has 0 amide bonds. The van der Waals surface area contributed by atoms with Crippen LogP contribution in [0.1, 0.15) is 17.4 Å². The Morgan fingerprint density at radius 1 is 0.944 bits per heavy atom. The molecule has 18 heavy (non-hydrogen) atoms. The maximum absolute atomic E-state index is 5.81. The highest BCUT2D eigenvalue weighted by Crippen LogP contribution is 2.21. The lowest BCUT2D eigenvalue weighted by molar-refractivity contribution is 0.101. The van der Waals surface area contributed by atoms with Crippen molar-refractivity contribution in [3.63, 3.8) is 0 Å². The van der Waals surface area contributed by atoms with Gasteiger partial charge in [-0.05, 0) is 17.5 Å². The quantitative estimate of drug-likeness (QED) is 0.889. The molecule has 1 aliphatic heterocycles. The van der Waals surface area contributed by atoms with Crippen molar-refractivity contribution < 1.29 is 4.74 Å². The SMILES string of the molecule is c1ccc(CC2COC(c3ccccc3)N2)cc1. The second-order valence-corrected chi connectivity index (χ2v) is 4.68. The first-order chi connectivity index (χ1) is 8.92. The summed E-state index contributed by atoms with van der Waals surface area (Å²) in [7, 11) is 0. The van der Waals surface area contributed by atoms with Crippen LogP contribution in [-0.4, -0.2) is 12.6 Å². The molecule has 0 radical (unpaired) electrons. The minimum absolute atomic E-state index is 0.0416. The first-order valence-corrected chi connectivity index (χ1v) is 6.38. The van der Waals surface area contributed by atoms with E-state index in [0.29, 0.717) is 6.04 Å². The lowest BCUT2D eigenvalue weighted by Crippen LogP contribution is -2.27. The molecule has 92 valence electrons. The number of hydrogen-bond donors (Lipinski definition) is 1. The zero-order valence-corrected chi connectivity index (χ0v) is 10.3. The molecule has 2 heteroatoms. The van der Waals surface area contributed by atoms with Gasteiger partial charge in [0.05, 0.1) is 6.61 Å². The third kappa shape index (κ3) is 2.61. The molecule has 2 atom stereocenters. The number of hydrogen-bond acceptors (Lipinski definition) is 2. The Hall–Kier alpha value is -1.64. The second kappa shape index (κ2) is 5.34. The van der Waals surface area contributed by atoms with Gasteiger partial charge in [0.2, 0.25) is 0 Å². The molecule has 2 nitrogen and oxygen atoms in total. The highest BCUT2D eigenvalue weighted by atomic mass is 16.5. The van der Waals surface area contributed by atoms with E-state index in [1.54, 1.807) is 0 Å². The van der Waals surface area contributed by atoms with E-state index in [1.165, 1.54) is 11.1 Å². The summed E-state index contributed by atoms with van der Waals surface area (Å²) in [6, 6.07) is 21.3. The van der Waals surface area contributed by atoms with Gasteiger partial charge in [-0.25, -0.2) is 0 Å². The first kappa shape index (κ1) is 11.5. The Labute approximate surface area is 108 Å². The van der Waals surface area contributed by atoms with E-state index >= 15 is 0 Å². The van der Waals surface area contributed by atoms with Gasteiger partial charge in [0.15, 0.2) is 0 Å². The minimum Gasteiger partial charge on any atom is -0.357 e. The average molecular weight is 239 g/mol. The molecule has 0 saturated carbocycles. The largest absolute Gasteiger partial charge is 0.357 e. The molecular formula is C16H17NO. The van der Waals surface area contributed by atoms with Gasteiger partial charge in [-0.1, -0.05) is 60.7 Å². The Morgan fingerprint density at radius 2 is 1.61 bits per heavy atom. The van der Waals surface area contributed by atoms with Crippen molar-refractivity contribution in [2.75, 3.05) is 6.61 Å². The van der Waals surface area contributed by atoms with Crippen molar-refractivity contribution in [2.24, 2.45) is 0 Å². The maximum atomic E-state index is 5.81. The summed E-state index contributed by atoms with van der Waals surface area (Å²) in [5.41, 5.74) is 2.56. The molecule has 1 N–H and O–H groups in total. The topological polar surface area (TPSA) is 21.3 Å². The van der Waals surface area contributed by atoms with Crippen molar-refractivity contribution in [2.45, 2.75) is 18.7 Å². The zero-order valence-electron chi connectivity index (χ0n) is 10.3. The van der Waals surface area contributed by atoms with Crippen LogP contribution in [0.5, 0.6) is 0 Å². The van der Waals surface area contributed by atoms with E-state index in [1.807, 2.05) is 18.2 Å². The molecule has 0 bridgehead atoms. The van der Waals surface area contributed by atoms with Crippen molar-refractivity contribution in [3.05, 3.63) is 71.8 Å². The Bertz CT molecular complexity index is 483. The zero-order chi connectivity index (χ0) is 12.2. The molecule has 2 aromatic carbocycles. The van der Waals surface area contributed by atoms with E-state index in [0.717, 1.165) is 13.0 Å². The Morgan fingerprint density at radius 3 is 2.33 bits per heavy atom. The van der Waals surface area contributed by atoms with Crippen LogP contribution in [0.2, 0.25) is 0 Å². The van der Waals surface area contributed by atoms with Crippen LogP contribution >= 0.6 is 0 Å². The summed E-state index contributed by atoms with van der Waals surface area (Å²) in [6.07, 6.45) is 1.06. The molecule has 1 heterocycles. The number of rotatable bonds is 3. The lowest BCUT2D eigenvalue weighted by atomic mass is 10.1. The van der Waals surface area contributed by atoms with Gasteiger partial charge in [-0.3, -0.25) is 5.32 Å². The van der Waals surface area contributed by atoms with Crippen molar-refractivity contribution in [1.82, 2.24) is 5.32 Å². The van der Waals surface area contributed by atoms with Gasteiger partial charge >= 0.3 is 0 Å². The van der Waals surface area contributed by atoms with Crippen LogP contribution in [0.25, 0.3) is 0 Å². The monoisotopic (exact) mass is 239 g/mol. The van der Waals surface area contributed by atoms with Crippen LogP contribution in [0, 0.1) is 0 Å². The number of ether oxygens (including phenoxy) is 1. The van der Waals surface area contributed by atoms with Gasteiger partial charge in [0, 0.05) is 6.04 Å². The second-order valence-electron chi connectivity index (χ2n) is 4.68. The fourth-order valence-electron chi connectivity index (χ4n) is 2.36. The number of benzene rings is 2. The summed E-state index contributed by atoms with van der Waals surface area (Å²) >= 11 is 0. The Balaban J connectivity index is 1.62. The summed E-state index contributed by atoms with van der Waals surface area (Å²) in [5.74, 6) is 0. The molecule has 1 aliphatic rings. The van der Waals surface area contributed by atoms with Crippen LogP contribution in [0.4, 0.5) is 0 Å². The van der Waals surface area contributed by atoms with Crippen LogP contribution in [-0.2, 0) is 11.2 Å². The number of nitrogens with one attached hydrogen (secondary N) is 1. The molecule has 3 rings (SSSR count). The molecule has 0 aromatic heterocycles. The van der Waals surface area contributed by atoms with E-state index in [-0.39, 0.29) is 6.23 Å². The summed E-state index contributed by atoms with van der Waals surface area (Å²) < 4.78 is 5.81. The van der Waals surface area contributed by atoms with Crippen molar-refractivity contribution in [1.29, 1.82) is 0 Å². The lowest BCUT2D eigenvalue weighted by Gasteiger charge is -2.12. The van der Waals surface area contributed by atoms with Gasteiger partial charge in [-0.2, -0.15) is 0 Å². The van der Waals surface area contributed by atoms with E-state index in [2.05, 4.69) is 47.8 Å². The predicted octanol–water partition coefficient (Wildman–Crippen LogP) is 2.92. The van der Waals surface area contributed by atoms with E-state index in [9.17, 15) is 0 Å². The molecular weight excluding hydrogens is 222 g/mol. The average Bonchev–Trinajstić information content (AvgIpc) is 2.89. The summed E-state index contributed by atoms with van der Waals surface area (Å²) in [4.78, 5) is 0. The molecule has 0 spiro atoms. The van der Waals surface area contributed by atoms with Crippen LogP contribution in [0.3, 0.4) is 0 Å². The standard InChI is InChI=1S/C16H17NO/c1-3-7-13(8-4-1)11-15-12-18-16(17-15)14-9-5-2-6-10-14/h1-10,15-17H,11-12H2. The fraction of sp³-hybridized carbons (Fsp3) is 0.250. The predicted molar refractivity (Wildman–Crippen MR) is 72.2 cm³/mol. The molecule has 0 aliphatic carbocycles. The van der Waals surface area contributed by atoms with Gasteiger partial charge in [0.25, 0.3) is 0 Å². The van der Waals surface area contributed by atoms with Crippen molar-refractivity contribution >= 4 is 0 Å². The maximum Gasteiger partial charge on any atom is 0.134 e. The van der Waals surface area contributed by atoms with Gasteiger partial charge < -0.3 is 4.74 Å². The highest BCUT2D eigenvalue weighted by Gasteiger charge is 2.25. The minimum atomic E-state index is 0.0416. The first-order valence-electron chi connectivity index (χ1n) is 6.38. The Kier molecular flexibility index (Phi) is 3.40. The van der Waals surface area contributed by atoms with Gasteiger partial charge in [-0.15, -0.1) is 0 Å². The third-order valence-corrected chi connectivity index (χ3v) is 3.28. The van der Waals surface area contributed by atoms with E-state index < -0.39 is 0 Å². The highest BCUT2D eigenvalue weighted by molar-refractivity contribution is 5.20. The molecule has 1 saturated heterocycles. The molecule has 2 unspecified atom stereocenters. The molecule has 1 fully saturated rings. The van der Waals surface area contributed by atoms with Crippen molar-refractivity contribution in [3.8, 4) is 0 Å². The third-order valence-electron chi connectivity index (χ3n) is 3.28. The van der Waals surface area contributed by atoms with E-state index in [4.69, 9.17) is 4.74 Å².